The van der Waals surface area contributed by atoms with E-state index in [2.05, 4.69) is 47.7 Å². The molecule has 2 aromatic carbocycles. The van der Waals surface area contributed by atoms with Gasteiger partial charge in [-0.3, -0.25) is 5.10 Å². The molecule has 0 aliphatic heterocycles. The molecule has 1 N–H and O–H groups in total. The van der Waals surface area contributed by atoms with Gasteiger partial charge in [-0.05, 0) is 61.2 Å². The number of halogens is 1. The van der Waals surface area contributed by atoms with Gasteiger partial charge in [-0.2, -0.15) is 5.10 Å². The van der Waals surface area contributed by atoms with Crippen LogP contribution in [0.1, 0.15) is 36.6 Å². The Balaban J connectivity index is 2.13. The van der Waals surface area contributed by atoms with Crippen molar-refractivity contribution in [2.45, 2.75) is 33.6 Å². The smallest absolute Gasteiger partial charge is 0.126 e. The van der Waals surface area contributed by atoms with Gasteiger partial charge in [0.2, 0.25) is 0 Å². The molecule has 4 heteroatoms. The zero-order valence-electron chi connectivity index (χ0n) is 14.3. The molecule has 24 heavy (non-hydrogen) atoms. The third-order valence-corrected chi connectivity index (χ3v) is 4.80. The second kappa shape index (κ2) is 5.20. The molecular weight excluding hydrogens is 301 g/mol. The molecule has 2 heterocycles. The molecule has 0 saturated heterocycles. The third kappa shape index (κ3) is 2.06. The average Bonchev–Trinajstić information content (AvgIpc) is 3.15. The van der Waals surface area contributed by atoms with Gasteiger partial charge in [-0.15, -0.1) is 0 Å². The molecule has 122 valence electrons. The Morgan fingerprint density at radius 3 is 2.62 bits per heavy atom. The number of benzene rings is 2. The fraction of sp³-hybridized carbons (Fsp3) is 0.250. The maximum absolute atomic E-state index is 13.7. The molecule has 0 atom stereocenters. The number of rotatable bonds is 2. The normalized spacial score (nSPS) is 11.9. The second-order valence-corrected chi connectivity index (χ2v) is 6.76. The maximum atomic E-state index is 13.7. The lowest BCUT2D eigenvalue weighted by molar-refractivity contribution is 0.618. The average molecular weight is 321 g/mol. The molecule has 0 bridgehead atoms. The van der Waals surface area contributed by atoms with Crippen molar-refractivity contribution in [3.8, 4) is 5.69 Å². The van der Waals surface area contributed by atoms with Crippen LogP contribution in [0.5, 0.6) is 0 Å². The predicted octanol–water partition coefficient (Wildman–Crippen LogP) is 5.39. The fourth-order valence-corrected chi connectivity index (χ4v) is 3.46. The van der Waals surface area contributed by atoms with E-state index in [9.17, 15) is 4.39 Å². The summed E-state index contributed by atoms with van der Waals surface area (Å²) in [6, 6.07) is 9.71. The number of aromatic nitrogens is 3. The number of H-pyrrole nitrogens is 1. The van der Waals surface area contributed by atoms with Crippen molar-refractivity contribution in [3.05, 3.63) is 59.2 Å². The number of fused-ring (bicyclic) bond motifs is 2. The quantitative estimate of drug-likeness (QED) is 0.528. The first-order valence-electron chi connectivity index (χ1n) is 8.22. The van der Waals surface area contributed by atoms with Gasteiger partial charge in [-0.1, -0.05) is 13.8 Å². The molecule has 4 aromatic rings. The lowest BCUT2D eigenvalue weighted by Crippen LogP contribution is -2.02. The molecule has 0 aliphatic carbocycles. The van der Waals surface area contributed by atoms with E-state index in [4.69, 9.17) is 0 Å². The summed E-state index contributed by atoms with van der Waals surface area (Å²) in [6.45, 7) is 8.29. The Labute approximate surface area is 140 Å². The molecule has 0 saturated carbocycles. The van der Waals surface area contributed by atoms with Gasteiger partial charge in [-0.25, -0.2) is 4.39 Å². The summed E-state index contributed by atoms with van der Waals surface area (Å²) in [5.41, 5.74) is 6.28. The van der Waals surface area contributed by atoms with Gasteiger partial charge >= 0.3 is 0 Å². The second-order valence-electron chi connectivity index (χ2n) is 6.76. The first-order valence-corrected chi connectivity index (χ1v) is 8.22. The summed E-state index contributed by atoms with van der Waals surface area (Å²) >= 11 is 0. The molecule has 3 nitrogen and oxygen atoms in total. The van der Waals surface area contributed by atoms with E-state index in [1.165, 1.54) is 16.6 Å². The Hall–Kier alpha value is -2.62. The van der Waals surface area contributed by atoms with Crippen molar-refractivity contribution < 1.29 is 4.39 Å². The van der Waals surface area contributed by atoms with E-state index in [-0.39, 0.29) is 5.82 Å². The molecule has 2 aromatic heterocycles. The lowest BCUT2D eigenvalue weighted by atomic mass is 10.1. The zero-order chi connectivity index (χ0) is 17.0. The Kier molecular flexibility index (Phi) is 3.23. The van der Waals surface area contributed by atoms with Gasteiger partial charge in [0.15, 0.2) is 0 Å². The molecule has 0 fully saturated rings. The molecule has 0 aliphatic rings. The standard InChI is InChI=1S/C20H20FN3/c1-11(2)18-9-16-13(4)20-14(10-22-23-20)8-19(16)24(18)15-5-6-17(21)12(3)7-15/h5-11H,1-4H3,(H,22,23). The Morgan fingerprint density at radius 2 is 1.92 bits per heavy atom. The van der Waals surface area contributed by atoms with E-state index >= 15 is 0 Å². The molecule has 0 radical (unpaired) electrons. The molecule has 4 rings (SSSR count). The highest BCUT2D eigenvalue weighted by atomic mass is 19.1. The minimum Gasteiger partial charge on any atom is -0.313 e. The van der Waals surface area contributed by atoms with Crippen molar-refractivity contribution >= 4 is 21.8 Å². The van der Waals surface area contributed by atoms with Crippen molar-refractivity contribution in [3.63, 3.8) is 0 Å². The summed E-state index contributed by atoms with van der Waals surface area (Å²) in [5, 5.41) is 9.55. The first kappa shape index (κ1) is 14.9. The highest BCUT2D eigenvalue weighted by Crippen LogP contribution is 2.34. The number of nitrogens with one attached hydrogen (secondary N) is 1. The van der Waals surface area contributed by atoms with Gasteiger partial charge in [0.1, 0.15) is 5.82 Å². The van der Waals surface area contributed by atoms with Crippen LogP contribution in [0.4, 0.5) is 4.39 Å². The summed E-state index contributed by atoms with van der Waals surface area (Å²) < 4.78 is 16.0. The summed E-state index contributed by atoms with van der Waals surface area (Å²) in [7, 11) is 0. The monoisotopic (exact) mass is 321 g/mol. The van der Waals surface area contributed by atoms with E-state index < -0.39 is 0 Å². The van der Waals surface area contributed by atoms with Crippen LogP contribution in [0, 0.1) is 19.7 Å². The predicted molar refractivity (Wildman–Crippen MR) is 96.4 cm³/mol. The fourth-order valence-electron chi connectivity index (χ4n) is 3.46. The minimum absolute atomic E-state index is 0.172. The van der Waals surface area contributed by atoms with Crippen molar-refractivity contribution in [2.75, 3.05) is 0 Å². The van der Waals surface area contributed by atoms with Crippen LogP contribution in [-0.2, 0) is 0 Å². The zero-order valence-corrected chi connectivity index (χ0v) is 14.3. The minimum atomic E-state index is -0.172. The van der Waals surface area contributed by atoms with Crippen LogP contribution in [0.3, 0.4) is 0 Å². The van der Waals surface area contributed by atoms with E-state index in [0.29, 0.717) is 11.5 Å². The van der Waals surface area contributed by atoms with Gasteiger partial charge in [0, 0.05) is 22.2 Å². The first-order chi connectivity index (χ1) is 11.5. The van der Waals surface area contributed by atoms with Crippen LogP contribution >= 0.6 is 0 Å². The molecular formula is C20H20FN3. The molecule has 0 spiro atoms. The van der Waals surface area contributed by atoms with Crippen LogP contribution in [0.2, 0.25) is 0 Å². The maximum Gasteiger partial charge on any atom is 0.126 e. The third-order valence-electron chi connectivity index (χ3n) is 4.80. The van der Waals surface area contributed by atoms with Crippen LogP contribution in [-0.4, -0.2) is 14.8 Å². The van der Waals surface area contributed by atoms with Gasteiger partial charge in [0.05, 0.1) is 17.2 Å². The van der Waals surface area contributed by atoms with Gasteiger partial charge < -0.3 is 4.57 Å². The van der Waals surface area contributed by atoms with Gasteiger partial charge in [0.25, 0.3) is 0 Å². The Morgan fingerprint density at radius 1 is 1.12 bits per heavy atom. The van der Waals surface area contributed by atoms with Crippen LogP contribution in [0.15, 0.2) is 36.5 Å². The van der Waals surface area contributed by atoms with Crippen molar-refractivity contribution in [2.24, 2.45) is 0 Å². The van der Waals surface area contributed by atoms with E-state index in [0.717, 1.165) is 22.1 Å². The number of hydrogen-bond donors (Lipinski definition) is 1. The van der Waals surface area contributed by atoms with Crippen LogP contribution < -0.4 is 0 Å². The number of hydrogen-bond acceptors (Lipinski definition) is 1. The highest BCUT2D eigenvalue weighted by molar-refractivity contribution is 6.00. The SMILES string of the molecule is Cc1cc(-n2c(C(C)C)cc3c(C)c4[nH]ncc4cc32)ccc1F. The summed E-state index contributed by atoms with van der Waals surface area (Å²) in [5.74, 6) is 0.188. The molecule has 0 unspecified atom stereocenters. The summed E-state index contributed by atoms with van der Waals surface area (Å²) in [6.07, 6.45) is 1.85. The lowest BCUT2D eigenvalue weighted by Gasteiger charge is -2.14. The van der Waals surface area contributed by atoms with Crippen LogP contribution in [0.25, 0.3) is 27.5 Å². The van der Waals surface area contributed by atoms with Crippen molar-refractivity contribution in [1.29, 1.82) is 0 Å². The summed E-state index contributed by atoms with van der Waals surface area (Å²) in [4.78, 5) is 0. The van der Waals surface area contributed by atoms with Crippen molar-refractivity contribution in [1.82, 2.24) is 14.8 Å². The number of aromatic amines is 1. The Bertz CT molecular complexity index is 1070. The molecule has 0 amide bonds. The number of aryl methyl sites for hydroxylation is 2. The topological polar surface area (TPSA) is 33.6 Å². The largest absolute Gasteiger partial charge is 0.313 e. The highest BCUT2D eigenvalue weighted by Gasteiger charge is 2.17. The van der Waals surface area contributed by atoms with E-state index in [1.807, 2.05) is 18.3 Å². The number of nitrogens with zero attached hydrogens (tertiary/aromatic N) is 2. The van der Waals surface area contributed by atoms with E-state index in [1.54, 1.807) is 13.0 Å².